The van der Waals surface area contributed by atoms with Crippen LogP contribution < -0.4 is 4.90 Å². The maximum atomic E-state index is 13.5. The number of carbonyl (C=O) groups is 1. The monoisotopic (exact) mass is 289 g/mol. The van der Waals surface area contributed by atoms with Crippen LogP contribution in [0.4, 0.5) is 10.1 Å². The van der Waals surface area contributed by atoms with Gasteiger partial charge in [-0.3, -0.25) is 0 Å². The van der Waals surface area contributed by atoms with E-state index in [1.165, 1.54) is 50.3 Å². The summed E-state index contributed by atoms with van der Waals surface area (Å²) in [5.41, 5.74) is 1.62. The number of anilines is 1. The Morgan fingerprint density at radius 3 is 2.90 bits per heavy atom. The Morgan fingerprint density at radius 2 is 2.10 bits per heavy atom. The summed E-state index contributed by atoms with van der Waals surface area (Å²) in [4.78, 5) is 13.1. The van der Waals surface area contributed by atoms with Crippen LogP contribution in [0, 0.1) is 11.7 Å². The van der Waals surface area contributed by atoms with Crippen molar-refractivity contribution in [1.82, 2.24) is 0 Å². The van der Waals surface area contributed by atoms with E-state index in [9.17, 15) is 9.18 Å². The summed E-state index contributed by atoms with van der Waals surface area (Å²) in [6, 6.07) is 5.20. The third-order valence-corrected chi connectivity index (χ3v) is 4.71. The minimum atomic E-state index is -1.01. The maximum Gasteiger partial charge on any atom is 0.328 e. The number of carboxylic acid groups (broad SMARTS) is 1. The molecule has 4 heteroatoms. The van der Waals surface area contributed by atoms with Crippen molar-refractivity contribution in [2.24, 2.45) is 5.92 Å². The van der Waals surface area contributed by atoms with Gasteiger partial charge in [0, 0.05) is 29.9 Å². The van der Waals surface area contributed by atoms with Gasteiger partial charge in [0.2, 0.25) is 0 Å². The number of hydrogen-bond acceptors (Lipinski definition) is 2. The van der Waals surface area contributed by atoms with Crippen LogP contribution in [0.15, 0.2) is 24.3 Å². The number of rotatable bonds is 3. The molecule has 1 aromatic carbocycles. The highest BCUT2D eigenvalue weighted by Gasteiger charge is 2.36. The lowest BCUT2D eigenvalue weighted by atomic mass is 9.85. The van der Waals surface area contributed by atoms with Crippen molar-refractivity contribution in [2.45, 2.75) is 38.1 Å². The Kier molecular flexibility index (Phi) is 3.95. The van der Waals surface area contributed by atoms with E-state index >= 15 is 0 Å². The second-order valence-electron chi connectivity index (χ2n) is 5.97. The van der Waals surface area contributed by atoms with Crippen LogP contribution in [0.25, 0.3) is 6.08 Å². The van der Waals surface area contributed by atoms with E-state index in [0.29, 0.717) is 11.6 Å². The lowest BCUT2D eigenvalue weighted by molar-refractivity contribution is -0.131. The van der Waals surface area contributed by atoms with E-state index in [1.807, 2.05) is 0 Å². The van der Waals surface area contributed by atoms with Gasteiger partial charge in [-0.2, -0.15) is 0 Å². The lowest BCUT2D eigenvalue weighted by Crippen LogP contribution is -2.35. The Balaban J connectivity index is 1.92. The number of nitrogens with zero attached hydrogens (tertiary/aromatic N) is 1. The topological polar surface area (TPSA) is 40.5 Å². The third-order valence-electron chi connectivity index (χ3n) is 4.71. The normalized spacial score (nSPS) is 25.3. The molecule has 112 valence electrons. The van der Waals surface area contributed by atoms with Gasteiger partial charge in [0.05, 0.1) is 0 Å². The minimum absolute atomic E-state index is 0.330. The fourth-order valence-electron chi connectivity index (χ4n) is 3.79. The van der Waals surface area contributed by atoms with E-state index in [4.69, 9.17) is 5.11 Å². The highest BCUT2D eigenvalue weighted by Crippen LogP contribution is 2.40. The van der Waals surface area contributed by atoms with Crippen LogP contribution in [0.3, 0.4) is 0 Å². The van der Waals surface area contributed by atoms with E-state index < -0.39 is 5.97 Å². The fourth-order valence-corrected chi connectivity index (χ4v) is 3.79. The molecule has 1 aliphatic heterocycles. The molecule has 0 bridgehead atoms. The highest BCUT2D eigenvalue weighted by atomic mass is 19.1. The zero-order valence-corrected chi connectivity index (χ0v) is 12.0. The van der Waals surface area contributed by atoms with Crippen LogP contribution in [0.2, 0.25) is 0 Å². The van der Waals surface area contributed by atoms with Crippen molar-refractivity contribution in [3.63, 3.8) is 0 Å². The second-order valence-corrected chi connectivity index (χ2v) is 5.97. The minimum Gasteiger partial charge on any atom is -0.478 e. The average molecular weight is 289 g/mol. The fraction of sp³-hybridized carbons (Fsp3) is 0.471. The highest BCUT2D eigenvalue weighted by molar-refractivity contribution is 5.87. The van der Waals surface area contributed by atoms with Crippen LogP contribution >= 0.6 is 0 Å². The predicted octanol–water partition coefficient (Wildman–Crippen LogP) is 3.69. The first-order chi connectivity index (χ1) is 10.1. The van der Waals surface area contributed by atoms with E-state index in [1.54, 1.807) is 6.07 Å². The number of halogens is 1. The van der Waals surface area contributed by atoms with Crippen LogP contribution in [0.5, 0.6) is 0 Å². The van der Waals surface area contributed by atoms with E-state index in [-0.39, 0.29) is 5.82 Å². The zero-order chi connectivity index (χ0) is 14.8. The third kappa shape index (κ3) is 2.94. The summed E-state index contributed by atoms with van der Waals surface area (Å²) < 4.78 is 13.5. The summed E-state index contributed by atoms with van der Waals surface area (Å²) in [5.74, 6) is -0.606. The number of fused-ring (bicyclic) bond motifs is 1. The number of benzene rings is 1. The van der Waals surface area contributed by atoms with E-state index in [0.717, 1.165) is 24.2 Å². The zero-order valence-electron chi connectivity index (χ0n) is 12.0. The van der Waals surface area contributed by atoms with E-state index in [2.05, 4.69) is 4.90 Å². The molecular weight excluding hydrogens is 269 g/mol. The van der Waals surface area contributed by atoms with Gasteiger partial charge in [0.15, 0.2) is 0 Å². The molecule has 0 spiro atoms. The summed E-state index contributed by atoms with van der Waals surface area (Å²) >= 11 is 0. The Hall–Kier alpha value is -1.84. The molecule has 1 aliphatic carbocycles. The molecular formula is C17H20FNO2. The SMILES string of the molecule is O=C(O)/C=C/c1cc(F)ccc1N1CCC2CCCCC21. The van der Waals surface area contributed by atoms with Crippen molar-refractivity contribution >= 4 is 17.7 Å². The van der Waals surface area contributed by atoms with Gasteiger partial charge in [-0.05, 0) is 49.5 Å². The molecule has 2 fully saturated rings. The summed E-state index contributed by atoms with van der Waals surface area (Å²) in [6.45, 7) is 0.981. The molecule has 2 atom stereocenters. The first kappa shape index (κ1) is 14.1. The largest absolute Gasteiger partial charge is 0.478 e. The summed E-state index contributed by atoms with van der Waals surface area (Å²) in [5, 5.41) is 8.79. The van der Waals surface area contributed by atoms with Gasteiger partial charge in [0.25, 0.3) is 0 Å². The van der Waals surface area contributed by atoms with Crippen LogP contribution in [-0.2, 0) is 4.79 Å². The van der Waals surface area contributed by atoms with Crippen molar-refractivity contribution in [2.75, 3.05) is 11.4 Å². The molecule has 1 N–H and O–H groups in total. The van der Waals surface area contributed by atoms with Crippen LogP contribution in [-0.4, -0.2) is 23.7 Å². The quantitative estimate of drug-likeness (QED) is 0.863. The molecule has 2 unspecified atom stereocenters. The van der Waals surface area contributed by atoms with Gasteiger partial charge < -0.3 is 10.0 Å². The van der Waals surface area contributed by atoms with Crippen molar-refractivity contribution in [3.8, 4) is 0 Å². The molecule has 0 amide bonds. The Bertz CT molecular complexity index is 570. The molecule has 0 aromatic heterocycles. The Labute approximate surface area is 124 Å². The number of aliphatic carboxylic acids is 1. The van der Waals surface area contributed by atoms with Gasteiger partial charge in [-0.1, -0.05) is 12.8 Å². The van der Waals surface area contributed by atoms with Crippen molar-refractivity contribution in [1.29, 1.82) is 0 Å². The van der Waals surface area contributed by atoms with Gasteiger partial charge in [0.1, 0.15) is 5.82 Å². The number of carboxylic acids is 1. The summed E-state index contributed by atoms with van der Waals surface area (Å²) in [6.07, 6.45) is 8.78. The molecule has 1 heterocycles. The number of hydrogen-bond donors (Lipinski definition) is 1. The second kappa shape index (κ2) is 5.88. The molecule has 3 nitrogen and oxygen atoms in total. The molecule has 1 saturated heterocycles. The standard InChI is InChI=1S/C17H20FNO2/c18-14-6-7-16(13(11-14)5-8-17(20)21)19-10-9-12-3-1-2-4-15(12)19/h5-8,11-12,15H,1-4,9-10H2,(H,20,21)/b8-5+. The summed E-state index contributed by atoms with van der Waals surface area (Å²) in [7, 11) is 0. The first-order valence-corrected chi connectivity index (χ1v) is 7.62. The molecule has 1 saturated carbocycles. The van der Waals surface area contributed by atoms with Crippen molar-refractivity contribution in [3.05, 3.63) is 35.7 Å². The van der Waals surface area contributed by atoms with Gasteiger partial charge in [-0.25, -0.2) is 9.18 Å². The molecule has 3 rings (SSSR count). The van der Waals surface area contributed by atoms with Gasteiger partial charge in [-0.15, -0.1) is 0 Å². The molecule has 21 heavy (non-hydrogen) atoms. The lowest BCUT2D eigenvalue weighted by Gasteiger charge is -2.34. The molecule has 1 aromatic rings. The average Bonchev–Trinajstić information content (AvgIpc) is 2.89. The maximum absolute atomic E-state index is 13.5. The molecule has 2 aliphatic rings. The van der Waals surface area contributed by atoms with Gasteiger partial charge >= 0.3 is 5.97 Å². The smallest absolute Gasteiger partial charge is 0.328 e. The van der Waals surface area contributed by atoms with Crippen molar-refractivity contribution < 1.29 is 14.3 Å². The first-order valence-electron chi connectivity index (χ1n) is 7.62. The Morgan fingerprint density at radius 1 is 1.29 bits per heavy atom. The van der Waals surface area contributed by atoms with Crippen LogP contribution in [0.1, 0.15) is 37.7 Å². The molecule has 0 radical (unpaired) electrons. The predicted molar refractivity (Wildman–Crippen MR) is 80.8 cm³/mol.